The third-order valence-corrected chi connectivity index (χ3v) is 6.50. The number of aliphatic hydroxyl groups is 1. The van der Waals surface area contributed by atoms with Crippen LogP contribution in [0.3, 0.4) is 0 Å². The molecular weight excluding hydrogens is 505 g/mol. The van der Waals surface area contributed by atoms with Crippen LogP contribution >= 0.6 is 23.2 Å². The van der Waals surface area contributed by atoms with E-state index in [0.717, 1.165) is 0 Å². The first-order valence-corrected chi connectivity index (χ1v) is 11.8. The van der Waals surface area contributed by atoms with Gasteiger partial charge in [-0.15, -0.1) is 0 Å². The van der Waals surface area contributed by atoms with Gasteiger partial charge in [0, 0.05) is 12.1 Å². The smallest absolute Gasteiger partial charge is 0.338 e. The molecule has 4 rings (SSSR count). The van der Waals surface area contributed by atoms with Crippen molar-refractivity contribution in [3.63, 3.8) is 0 Å². The molecular formula is C27H21Cl2NO6. The van der Waals surface area contributed by atoms with E-state index in [1.165, 1.54) is 35.2 Å². The number of esters is 1. The van der Waals surface area contributed by atoms with E-state index >= 15 is 0 Å². The van der Waals surface area contributed by atoms with E-state index in [-0.39, 0.29) is 40.1 Å². The van der Waals surface area contributed by atoms with E-state index in [2.05, 4.69) is 0 Å². The molecule has 9 heteroatoms. The van der Waals surface area contributed by atoms with Crippen LogP contribution in [0.15, 0.2) is 72.3 Å². The quantitative estimate of drug-likeness (QED) is 0.190. The van der Waals surface area contributed by atoms with Crippen LogP contribution in [-0.2, 0) is 20.9 Å². The lowest BCUT2D eigenvalue weighted by molar-refractivity contribution is -0.140. The van der Waals surface area contributed by atoms with E-state index in [1.807, 2.05) is 0 Å². The predicted molar refractivity (Wildman–Crippen MR) is 135 cm³/mol. The van der Waals surface area contributed by atoms with E-state index < -0.39 is 29.5 Å². The molecule has 3 aromatic rings. The molecule has 36 heavy (non-hydrogen) atoms. The topological polar surface area (TPSA) is 104 Å². The van der Waals surface area contributed by atoms with Gasteiger partial charge in [0.05, 0.1) is 33.8 Å². The average Bonchev–Trinajstić information content (AvgIpc) is 3.11. The SMILES string of the molecule is CCOC(=O)c1ccc(CN2C(=O)C(=O)/C(=C(\O)c3ccc(Cl)c(Cl)c3)C2c2ccc(O)cc2)cc1. The van der Waals surface area contributed by atoms with Gasteiger partial charge in [-0.05, 0) is 60.5 Å². The number of hydrogen-bond donors (Lipinski definition) is 2. The summed E-state index contributed by atoms with van der Waals surface area (Å²) in [5.74, 6) is -2.51. The zero-order chi connectivity index (χ0) is 26.0. The Kier molecular flexibility index (Phi) is 7.33. The molecule has 1 fully saturated rings. The Bertz CT molecular complexity index is 1370. The molecule has 184 valence electrons. The number of halogens is 2. The molecule has 0 aliphatic carbocycles. The number of ketones is 1. The Morgan fingerprint density at radius 1 is 0.944 bits per heavy atom. The zero-order valence-corrected chi connectivity index (χ0v) is 20.6. The molecule has 0 radical (unpaired) electrons. The van der Waals surface area contributed by atoms with Gasteiger partial charge in [-0.25, -0.2) is 4.79 Å². The number of phenols is 1. The fourth-order valence-corrected chi connectivity index (χ4v) is 4.30. The maximum absolute atomic E-state index is 13.2. The number of rotatable bonds is 6. The molecule has 0 spiro atoms. The minimum absolute atomic E-state index is 0.00902. The molecule has 7 nitrogen and oxygen atoms in total. The van der Waals surface area contributed by atoms with Crippen LogP contribution in [0.25, 0.3) is 5.76 Å². The monoisotopic (exact) mass is 525 g/mol. The Hall–Kier alpha value is -3.81. The maximum Gasteiger partial charge on any atom is 0.338 e. The summed E-state index contributed by atoms with van der Waals surface area (Å²) in [6.07, 6.45) is 0. The average molecular weight is 526 g/mol. The highest BCUT2D eigenvalue weighted by Crippen LogP contribution is 2.41. The first-order chi connectivity index (χ1) is 17.2. The predicted octanol–water partition coefficient (Wildman–Crippen LogP) is 5.50. The molecule has 0 saturated carbocycles. The second-order valence-corrected chi connectivity index (χ2v) is 8.88. The van der Waals surface area contributed by atoms with Crippen LogP contribution in [0, 0.1) is 0 Å². The van der Waals surface area contributed by atoms with Gasteiger partial charge in [-0.1, -0.05) is 47.5 Å². The van der Waals surface area contributed by atoms with Gasteiger partial charge < -0.3 is 19.8 Å². The number of aromatic hydroxyl groups is 1. The Labute approximate surface area is 217 Å². The van der Waals surface area contributed by atoms with Crippen LogP contribution in [0.2, 0.25) is 10.0 Å². The number of ether oxygens (including phenoxy) is 1. The molecule has 1 atom stereocenters. The van der Waals surface area contributed by atoms with Crippen molar-refractivity contribution in [1.29, 1.82) is 0 Å². The molecule has 2 N–H and O–H groups in total. The highest BCUT2D eigenvalue weighted by atomic mass is 35.5. The molecule has 1 amide bonds. The molecule has 1 aliphatic heterocycles. The van der Waals surface area contributed by atoms with Crippen LogP contribution < -0.4 is 0 Å². The van der Waals surface area contributed by atoms with E-state index in [4.69, 9.17) is 27.9 Å². The second-order valence-electron chi connectivity index (χ2n) is 8.06. The third-order valence-electron chi connectivity index (χ3n) is 5.76. The standard InChI is InChI=1S/C27H21Cl2NO6/c1-2-36-27(35)17-5-3-15(4-6-17)14-30-23(16-7-10-19(31)11-8-16)22(25(33)26(30)34)24(32)18-9-12-20(28)21(29)13-18/h3-13,23,31-32H,2,14H2,1H3/b24-22-. The number of amides is 1. The van der Waals surface area contributed by atoms with Crippen molar-refractivity contribution in [2.24, 2.45) is 0 Å². The van der Waals surface area contributed by atoms with E-state index in [9.17, 15) is 24.6 Å². The Morgan fingerprint density at radius 2 is 1.58 bits per heavy atom. The molecule has 1 saturated heterocycles. The van der Waals surface area contributed by atoms with Crippen molar-refractivity contribution in [2.75, 3.05) is 6.61 Å². The summed E-state index contributed by atoms with van der Waals surface area (Å²) in [6.45, 7) is 1.98. The minimum atomic E-state index is -0.940. The number of benzene rings is 3. The van der Waals surface area contributed by atoms with Gasteiger partial charge in [-0.2, -0.15) is 0 Å². The van der Waals surface area contributed by atoms with Crippen LogP contribution in [0.4, 0.5) is 0 Å². The lowest BCUT2D eigenvalue weighted by Crippen LogP contribution is -2.29. The van der Waals surface area contributed by atoms with Crippen LogP contribution in [0.5, 0.6) is 5.75 Å². The van der Waals surface area contributed by atoms with Gasteiger partial charge in [0.1, 0.15) is 11.5 Å². The zero-order valence-electron chi connectivity index (χ0n) is 19.1. The number of carbonyl (C=O) groups excluding carboxylic acids is 3. The molecule has 1 aliphatic rings. The highest BCUT2D eigenvalue weighted by Gasteiger charge is 2.46. The van der Waals surface area contributed by atoms with Crippen molar-refractivity contribution >= 4 is 46.6 Å². The van der Waals surface area contributed by atoms with Gasteiger partial charge >= 0.3 is 5.97 Å². The summed E-state index contributed by atoms with van der Waals surface area (Å²) >= 11 is 12.1. The van der Waals surface area contributed by atoms with Crippen LogP contribution in [-0.4, -0.2) is 39.4 Å². The summed E-state index contributed by atoms with van der Waals surface area (Å²) < 4.78 is 4.99. The number of hydrogen-bond acceptors (Lipinski definition) is 6. The van der Waals surface area contributed by atoms with Gasteiger partial charge in [0.2, 0.25) is 0 Å². The number of Topliss-reactive ketones (excluding diaryl/α,β-unsaturated/α-hetero) is 1. The fraction of sp³-hybridized carbons (Fsp3) is 0.148. The summed E-state index contributed by atoms with van der Waals surface area (Å²) in [5.41, 5.74) is 1.63. The number of carbonyl (C=O) groups is 3. The van der Waals surface area contributed by atoms with Crippen molar-refractivity contribution in [1.82, 2.24) is 4.90 Å². The highest BCUT2D eigenvalue weighted by molar-refractivity contribution is 6.46. The number of aliphatic hydroxyl groups excluding tert-OH is 1. The maximum atomic E-state index is 13.2. The summed E-state index contributed by atoms with van der Waals surface area (Å²) in [4.78, 5) is 39.6. The molecule has 1 unspecified atom stereocenters. The normalized spacial score (nSPS) is 16.9. The molecule has 1 heterocycles. The van der Waals surface area contributed by atoms with Crippen molar-refractivity contribution < 1.29 is 29.3 Å². The largest absolute Gasteiger partial charge is 0.508 e. The van der Waals surface area contributed by atoms with E-state index in [0.29, 0.717) is 16.7 Å². The Morgan fingerprint density at radius 3 is 2.19 bits per heavy atom. The van der Waals surface area contributed by atoms with Crippen molar-refractivity contribution in [3.8, 4) is 5.75 Å². The lowest BCUT2D eigenvalue weighted by atomic mass is 9.95. The second kappa shape index (κ2) is 10.4. The van der Waals surface area contributed by atoms with Gasteiger partial charge in [0.15, 0.2) is 0 Å². The van der Waals surface area contributed by atoms with Crippen molar-refractivity contribution in [3.05, 3.63) is 105 Å². The molecule has 0 aromatic heterocycles. The summed E-state index contributed by atoms with van der Waals surface area (Å²) in [7, 11) is 0. The molecule has 0 bridgehead atoms. The lowest BCUT2D eigenvalue weighted by Gasteiger charge is -2.25. The number of nitrogens with zero attached hydrogens (tertiary/aromatic N) is 1. The van der Waals surface area contributed by atoms with Crippen LogP contribution in [0.1, 0.15) is 40.0 Å². The Balaban J connectivity index is 1.77. The molecule has 3 aromatic carbocycles. The fourth-order valence-electron chi connectivity index (χ4n) is 4.00. The first kappa shape index (κ1) is 25.3. The first-order valence-electron chi connectivity index (χ1n) is 11.0. The van der Waals surface area contributed by atoms with Gasteiger partial charge in [0.25, 0.3) is 11.7 Å². The summed E-state index contributed by atoms with van der Waals surface area (Å²) in [5, 5.41) is 21.3. The van der Waals surface area contributed by atoms with E-state index in [1.54, 1.807) is 43.3 Å². The minimum Gasteiger partial charge on any atom is -0.508 e. The number of likely N-dealkylation sites (tertiary alicyclic amines) is 1. The number of phenolic OH excluding ortho intramolecular Hbond substituents is 1. The summed E-state index contributed by atoms with van der Waals surface area (Å²) in [6, 6.07) is 16.0. The van der Waals surface area contributed by atoms with Gasteiger partial charge in [-0.3, -0.25) is 9.59 Å². The van der Waals surface area contributed by atoms with Crippen molar-refractivity contribution in [2.45, 2.75) is 19.5 Å². The third kappa shape index (κ3) is 4.94.